The second-order valence-electron chi connectivity index (χ2n) is 13.8. The van der Waals surface area contributed by atoms with E-state index in [0.29, 0.717) is 0 Å². The molecule has 0 saturated heterocycles. The molecule has 0 spiro atoms. The molecule has 0 nitrogen and oxygen atoms in total. The normalized spacial score (nSPS) is 12.4. The molecule has 0 unspecified atom stereocenters. The molecule has 0 bridgehead atoms. The van der Waals surface area contributed by atoms with Crippen LogP contribution in [0.5, 0.6) is 0 Å². The lowest BCUT2D eigenvalue weighted by atomic mass is 10.0. The van der Waals surface area contributed by atoms with Crippen LogP contribution in [0.2, 0.25) is 0 Å². The third kappa shape index (κ3) is 34.5. The summed E-state index contributed by atoms with van der Waals surface area (Å²) in [7, 11) is -0.320. The van der Waals surface area contributed by atoms with E-state index in [9.17, 15) is 0 Å². The summed E-state index contributed by atoms with van der Waals surface area (Å²) < 4.78 is 0. The molecule has 0 heterocycles. The molecule has 0 aliphatic heterocycles. The van der Waals surface area contributed by atoms with E-state index in [-0.39, 0.29) is 10.0 Å². The Hall–Kier alpha value is 0.350. The highest BCUT2D eigenvalue weighted by Gasteiger charge is 2.10. The van der Waals surface area contributed by atoms with Crippen molar-refractivity contribution in [1.29, 1.82) is 0 Å². The third-order valence-corrected chi connectivity index (χ3v) is 11.9. The average Bonchev–Trinajstić information content (AvgIpc) is 2.92. The summed E-state index contributed by atoms with van der Waals surface area (Å²) in [6.07, 6.45) is 52.6. The minimum atomic E-state index is -0.320. The van der Waals surface area contributed by atoms with Crippen molar-refractivity contribution in [3.63, 3.8) is 0 Å². The molecule has 0 rings (SSSR count). The Morgan fingerprint density at radius 2 is 0.385 bits per heavy atom. The first-order chi connectivity index (χ1) is 19.1. The summed E-state index contributed by atoms with van der Waals surface area (Å²) >= 11 is 0. The maximum Gasteiger partial charge on any atom is -0.0233 e. The number of hydrogen-bond donors (Lipinski definition) is 0. The van der Waals surface area contributed by atoms with Crippen LogP contribution in [-0.2, 0) is 0 Å². The van der Waals surface area contributed by atoms with Crippen LogP contribution in [-0.4, -0.2) is 24.0 Å². The van der Waals surface area contributed by atoms with Crippen molar-refractivity contribution >= 4 is 10.0 Å². The van der Waals surface area contributed by atoms with Gasteiger partial charge in [0, 0.05) is 0 Å². The molecule has 0 aliphatic rings. The van der Waals surface area contributed by atoms with Gasteiger partial charge < -0.3 is 0 Å². The lowest BCUT2D eigenvalue weighted by Gasteiger charge is -2.31. The molecule has 0 saturated carbocycles. The fourth-order valence-corrected chi connectivity index (χ4v) is 8.36. The molecular weight excluding hydrogens is 488 g/mol. The van der Waals surface area contributed by atoms with E-state index >= 15 is 0 Å². The summed E-state index contributed by atoms with van der Waals surface area (Å²) in [4.78, 5) is 0. The number of rotatable bonds is 34. The van der Waals surface area contributed by atoms with E-state index in [1.54, 1.807) is 0 Å². The van der Waals surface area contributed by atoms with Crippen LogP contribution < -0.4 is 0 Å². The van der Waals surface area contributed by atoms with E-state index in [1.807, 2.05) is 0 Å². The Bertz CT molecular complexity index is 390. The molecule has 0 radical (unpaired) electrons. The van der Waals surface area contributed by atoms with Gasteiger partial charge in [-0.1, -0.05) is 206 Å². The first kappa shape index (κ1) is 39.4. The lowest BCUT2D eigenvalue weighted by molar-refractivity contribution is 0.531. The topological polar surface area (TPSA) is 0 Å². The van der Waals surface area contributed by atoms with E-state index < -0.39 is 0 Å². The molecule has 0 aliphatic carbocycles. The van der Waals surface area contributed by atoms with Gasteiger partial charge in [-0.3, -0.25) is 0 Å². The van der Waals surface area contributed by atoms with Gasteiger partial charge in [-0.05, 0) is 36.9 Å². The fraction of sp³-hybridized carbons (Fsp3) is 1.00. The maximum atomic E-state index is 2.61. The number of unbranched alkanes of at least 4 members (excludes halogenated alkanes) is 30. The molecule has 0 aromatic rings. The Balaban J connectivity index is 3.26. The summed E-state index contributed by atoms with van der Waals surface area (Å²) in [6.45, 7) is 4.62. The standard InChI is InChI=1S/C38H80S/c1-5-7-9-11-13-15-17-19-21-23-25-27-29-31-33-35-37-39(3,4)38-36-34-32-30-28-26-24-22-20-18-16-14-12-10-8-6-2/h5-38H2,1-4H3. The van der Waals surface area contributed by atoms with Gasteiger partial charge in [-0.15, -0.1) is 0 Å². The first-order valence-electron chi connectivity index (χ1n) is 18.8. The van der Waals surface area contributed by atoms with Gasteiger partial charge in [-0.2, -0.15) is 0 Å². The summed E-state index contributed by atoms with van der Waals surface area (Å²) in [5.74, 6) is 3.06. The molecule has 0 atom stereocenters. The summed E-state index contributed by atoms with van der Waals surface area (Å²) in [5, 5.41) is 0. The SMILES string of the molecule is CCCCCCCCCCCCCCCCCCS(C)(C)CCCCCCCCCCCCCCCCCC. The molecule has 0 N–H and O–H groups in total. The van der Waals surface area contributed by atoms with E-state index in [0.717, 1.165) is 0 Å². The van der Waals surface area contributed by atoms with Crippen LogP contribution in [0.1, 0.15) is 219 Å². The van der Waals surface area contributed by atoms with Gasteiger partial charge >= 0.3 is 0 Å². The Labute approximate surface area is 252 Å². The van der Waals surface area contributed by atoms with Crippen LogP contribution in [0.3, 0.4) is 0 Å². The van der Waals surface area contributed by atoms with Crippen LogP contribution in [0.25, 0.3) is 0 Å². The molecule has 0 aromatic heterocycles. The van der Waals surface area contributed by atoms with Crippen molar-refractivity contribution in [2.45, 2.75) is 219 Å². The van der Waals surface area contributed by atoms with Crippen LogP contribution >= 0.6 is 10.0 Å². The minimum absolute atomic E-state index is 0.320. The number of hydrogen-bond acceptors (Lipinski definition) is 0. The Morgan fingerprint density at radius 1 is 0.231 bits per heavy atom. The van der Waals surface area contributed by atoms with Crippen LogP contribution in [0.15, 0.2) is 0 Å². The first-order valence-corrected chi connectivity index (χ1v) is 21.6. The lowest BCUT2D eigenvalue weighted by Crippen LogP contribution is -2.06. The van der Waals surface area contributed by atoms with E-state index in [4.69, 9.17) is 0 Å². The van der Waals surface area contributed by atoms with E-state index in [1.165, 1.54) is 217 Å². The monoisotopic (exact) mass is 569 g/mol. The molecule has 238 valence electrons. The smallest absolute Gasteiger partial charge is 0.0233 e. The Kier molecular flexibility index (Phi) is 33.2. The van der Waals surface area contributed by atoms with Gasteiger partial charge in [0.05, 0.1) is 0 Å². The van der Waals surface area contributed by atoms with Gasteiger partial charge in [0.25, 0.3) is 0 Å². The van der Waals surface area contributed by atoms with Gasteiger partial charge in [0.2, 0.25) is 0 Å². The molecule has 0 aromatic carbocycles. The van der Waals surface area contributed by atoms with Crippen molar-refractivity contribution in [2.75, 3.05) is 24.0 Å². The zero-order valence-corrected chi connectivity index (χ0v) is 29.3. The third-order valence-electron chi connectivity index (χ3n) is 9.10. The second-order valence-corrected chi connectivity index (χ2v) is 18.1. The molecule has 0 amide bonds. The van der Waals surface area contributed by atoms with Crippen molar-refractivity contribution in [3.05, 3.63) is 0 Å². The minimum Gasteiger partial charge on any atom is -0.247 e. The van der Waals surface area contributed by atoms with Crippen molar-refractivity contribution in [2.24, 2.45) is 0 Å². The van der Waals surface area contributed by atoms with Gasteiger partial charge in [-0.25, -0.2) is 10.0 Å². The predicted octanol–water partition coefficient (Wildman–Crippen LogP) is 14.6. The highest BCUT2D eigenvalue weighted by atomic mass is 32.3. The van der Waals surface area contributed by atoms with Gasteiger partial charge in [0.1, 0.15) is 0 Å². The van der Waals surface area contributed by atoms with Crippen LogP contribution in [0.4, 0.5) is 0 Å². The Morgan fingerprint density at radius 3 is 0.564 bits per heavy atom. The van der Waals surface area contributed by atoms with Gasteiger partial charge in [0.15, 0.2) is 0 Å². The quantitative estimate of drug-likeness (QED) is 0.0677. The van der Waals surface area contributed by atoms with Crippen molar-refractivity contribution < 1.29 is 0 Å². The molecule has 39 heavy (non-hydrogen) atoms. The molecule has 1 heteroatoms. The maximum absolute atomic E-state index is 2.61. The zero-order valence-electron chi connectivity index (χ0n) is 28.4. The summed E-state index contributed by atoms with van der Waals surface area (Å²) in [5.41, 5.74) is 0. The second kappa shape index (κ2) is 32.9. The van der Waals surface area contributed by atoms with E-state index in [2.05, 4.69) is 26.4 Å². The highest BCUT2D eigenvalue weighted by molar-refractivity contribution is 8.32. The largest absolute Gasteiger partial charge is 0.247 e. The van der Waals surface area contributed by atoms with Crippen LogP contribution in [0, 0.1) is 0 Å². The van der Waals surface area contributed by atoms with Crippen molar-refractivity contribution in [1.82, 2.24) is 0 Å². The fourth-order valence-electron chi connectivity index (χ4n) is 6.18. The van der Waals surface area contributed by atoms with Crippen molar-refractivity contribution in [3.8, 4) is 0 Å². The highest BCUT2D eigenvalue weighted by Crippen LogP contribution is 2.42. The molecular formula is C38H80S. The average molecular weight is 569 g/mol. The summed E-state index contributed by atoms with van der Waals surface area (Å²) in [6, 6.07) is 0. The molecule has 0 fully saturated rings. The zero-order chi connectivity index (χ0) is 28.5. The predicted molar refractivity (Wildman–Crippen MR) is 188 cm³/mol.